The highest BCUT2D eigenvalue weighted by Gasteiger charge is 2.34. The molecule has 186 valence electrons. The number of hydrogen-bond donors (Lipinski definition) is 0. The van der Waals surface area contributed by atoms with Gasteiger partial charge in [-0.05, 0) is 56.7 Å². The summed E-state index contributed by atoms with van der Waals surface area (Å²) < 4.78 is 18.9. The summed E-state index contributed by atoms with van der Waals surface area (Å²) in [6.07, 6.45) is 5.04. The summed E-state index contributed by atoms with van der Waals surface area (Å²) in [5.41, 5.74) is 1.86. The first kappa shape index (κ1) is 25.1. The monoisotopic (exact) mass is 505 g/mol. The topological polar surface area (TPSA) is 92.0 Å². The number of fused-ring (bicyclic) bond motifs is 1. The summed E-state index contributed by atoms with van der Waals surface area (Å²) in [5.74, 6) is 0.527. The summed E-state index contributed by atoms with van der Waals surface area (Å²) in [7, 11) is 0. The molecule has 0 bridgehead atoms. The zero-order valence-corrected chi connectivity index (χ0v) is 21.2. The molecule has 4 rings (SSSR count). The van der Waals surface area contributed by atoms with E-state index in [2.05, 4.69) is 16.6 Å². The number of thiazole rings is 1. The molecule has 2 aromatic heterocycles. The van der Waals surface area contributed by atoms with Crippen molar-refractivity contribution in [2.75, 3.05) is 19.8 Å². The molecule has 1 aliphatic rings. The summed E-state index contributed by atoms with van der Waals surface area (Å²) in [6, 6.07) is 10.1. The molecule has 36 heavy (non-hydrogen) atoms. The molecular formula is C27H27N3O5S. The molecule has 8 nitrogen and oxygen atoms in total. The van der Waals surface area contributed by atoms with Gasteiger partial charge in [-0.15, -0.1) is 0 Å². The first-order valence-corrected chi connectivity index (χ1v) is 12.4. The van der Waals surface area contributed by atoms with E-state index in [-0.39, 0.29) is 12.2 Å². The lowest BCUT2D eigenvalue weighted by Gasteiger charge is -2.25. The number of aromatic nitrogens is 2. The van der Waals surface area contributed by atoms with Crippen molar-refractivity contribution < 1.29 is 19.0 Å². The van der Waals surface area contributed by atoms with Crippen LogP contribution in [-0.2, 0) is 9.53 Å². The summed E-state index contributed by atoms with van der Waals surface area (Å²) in [5, 5.41) is 0. The van der Waals surface area contributed by atoms with Crippen molar-refractivity contribution in [3.63, 3.8) is 0 Å². The van der Waals surface area contributed by atoms with Gasteiger partial charge in [-0.2, -0.15) is 0 Å². The SMILES string of the molecule is C=CCOc1ccc([C@@H]2C(C(=O)OCC)=C(C)N=c3s/c(=C/c4ccccn4)c(=O)n32)cc1OCC. The summed E-state index contributed by atoms with van der Waals surface area (Å²) in [6.45, 7) is 9.98. The lowest BCUT2D eigenvalue weighted by Crippen LogP contribution is -2.40. The van der Waals surface area contributed by atoms with Gasteiger partial charge < -0.3 is 14.2 Å². The Bertz CT molecular complexity index is 1490. The molecule has 0 saturated heterocycles. The van der Waals surface area contributed by atoms with Crippen molar-refractivity contribution in [1.82, 2.24) is 9.55 Å². The van der Waals surface area contributed by atoms with Gasteiger partial charge in [0, 0.05) is 6.20 Å². The van der Waals surface area contributed by atoms with Crippen LogP contribution in [0.3, 0.4) is 0 Å². The highest BCUT2D eigenvalue weighted by molar-refractivity contribution is 7.07. The minimum absolute atomic E-state index is 0.199. The van der Waals surface area contributed by atoms with E-state index in [1.54, 1.807) is 44.3 Å². The Kier molecular flexibility index (Phi) is 7.80. The largest absolute Gasteiger partial charge is 0.490 e. The van der Waals surface area contributed by atoms with Gasteiger partial charge in [0.2, 0.25) is 0 Å². The summed E-state index contributed by atoms with van der Waals surface area (Å²) in [4.78, 5) is 36.1. The van der Waals surface area contributed by atoms with Gasteiger partial charge in [0.05, 0.1) is 40.8 Å². The molecule has 0 unspecified atom stereocenters. The number of esters is 1. The zero-order valence-electron chi connectivity index (χ0n) is 20.4. The fraction of sp³-hybridized carbons (Fsp3) is 0.259. The van der Waals surface area contributed by atoms with Crippen molar-refractivity contribution in [2.24, 2.45) is 4.99 Å². The van der Waals surface area contributed by atoms with Gasteiger partial charge in [0.25, 0.3) is 5.56 Å². The van der Waals surface area contributed by atoms with E-state index in [9.17, 15) is 9.59 Å². The number of carbonyl (C=O) groups is 1. The minimum Gasteiger partial charge on any atom is -0.490 e. The van der Waals surface area contributed by atoms with E-state index in [1.807, 2.05) is 31.2 Å². The predicted octanol–water partition coefficient (Wildman–Crippen LogP) is 3.16. The number of hydrogen-bond acceptors (Lipinski definition) is 8. The molecule has 1 aromatic carbocycles. The van der Waals surface area contributed by atoms with Gasteiger partial charge in [-0.1, -0.05) is 36.1 Å². The molecule has 3 heterocycles. The maximum absolute atomic E-state index is 13.7. The third-order valence-corrected chi connectivity index (χ3v) is 6.41. The Morgan fingerprint density at radius 3 is 2.69 bits per heavy atom. The number of carbonyl (C=O) groups excluding carboxylic acids is 1. The van der Waals surface area contributed by atoms with Gasteiger partial charge in [0.1, 0.15) is 6.61 Å². The second-order valence-corrected chi connectivity index (χ2v) is 8.80. The lowest BCUT2D eigenvalue weighted by atomic mass is 9.95. The van der Waals surface area contributed by atoms with E-state index < -0.39 is 12.0 Å². The van der Waals surface area contributed by atoms with Crippen molar-refractivity contribution in [3.8, 4) is 11.5 Å². The van der Waals surface area contributed by atoms with Gasteiger partial charge in [0.15, 0.2) is 16.3 Å². The van der Waals surface area contributed by atoms with Crippen LogP contribution >= 0.6 is 11.3 Å². The highest BCUT2D eigenvalue weighted by atomic mass is 32.1. The maximum Gasteiger partial charge on any atom is 0.338 e. The van der Waals surface area contributed by atoms with Gasteiger partial charge >= 0.3 is 5.97 Å². The van der Waals surface area contributed by atoms with Crippen LogP contribution in [0.25, 0.3) is 6.08 Å². The first-order valence-electron chi connectivity index (χ1n) is 11.6. The van der Waals surface area contributed by atoms with E-state index in [4.69, 9.17) is 14.2 Å². The van der Waals surface area contributed by atoms with E-state index in [0.29, 0.717) is 56.6 Å². The molecule has 0 radical (unpaired) electrons. The number of ether oxygens (including phenoxy) is 3. The van der Waals surface area contributed by atoms with Crippen LogP contribution in [-0.4, -0.2) is 35.3 Å². The molecule has 1 aliphatic heterocycles. The molecule has 0 N–H and O–H groups in total. The van der Waals surface area contributed by atoms with Crippen LogP contribution in [0.5, 0.6) is 11.5 Å². The molecule has 1 atom stereocenters. The predicted molar refractivity (Wildman–Crippen MR) is 138 cm³/mol. The third-order valence-electron chi connectivity index (χ3n) is 5.42. The smallest absolute Gasteiger partial charge is 0.338 e. The number of benzene rings is 1. The zero-order chi connectivity index (χ0) is 25.7. The van der Waals surface area contributed by atoms with Gasteiger partial charge in [-0.25, -0.2) is 9.79 Å². The van der Waals surface area contributed by atoms with Crippen molar-refractivity contribution >= 4 is 23.4 Å². The van der Waals surface area contributed by atoms with E-state index in [0.717, 1.165) is 0 Å². The van der Waals surface area contributed by atoms with E-state index in [1.165, 1.54) is 15.9 Å². The molecule has 3 aromatic rings. The number of allylic oxidation sites excluding steroid dienone is 1. The van der Waals surface area contributed by atoms with E-state index >= 15 is 0 Å². The second-order valence-electron chi connectivity index (χ2n) is 7.80. The average Bonchev–Trinajstić information content (AvgIpc) is 3.17. The molecule has 0 saturated carbocycles. The van der Waals surface area contributed by atoms with Crippen LogP contribution in [0.15, 0.2) is 76.3 Å². The number of rotatable bonds is 9. The van der Waals surface area contributed by atoms with Crippen LogP contribution < -0.4 is 24.4 Å². The van der Waals surface area contributed by atoms with Crippen LogP contribution in [0.2, 0.25) is 0 Å². The fourth-order valence-corrected chi connectivity index (χ4v) is 4.96. The lowest BCUT2D eigenvalue weighted by molar-refractivity contribution is -0.139. The third kappa shape index (κ3) is 5.01. The molecule has 0 spiro atoms. The Hall–Kier alpha value is -3.98. The normalized spacial score (nSPS) is 15.2. The first-order chi connectivity index (χ1) is 17.5. The van der Waals surface area contributed by atoms with Crippen LogP contribution in [0.1, 0.15) is 38.1 Å². The van der Waals surface area contributed by atoms with Crippen molar-refractivity contribution in [1.29, 1.82) is 0 Å². The molecule has 0 aliphatic carbocycles. The number of pyridine rings is 1. The Labute approximate surface area is 212 Å². The minimum atomic E-state index is -0.751. The standard InChI is InChI=1S/C27H27N3O5S/c1-5-14-35-20-12-11-18(15-21(20)33-6-2)24-23(26(32)34-7-3)17(4)29-27-30(24)25(31)22(36-27)16-19-10-8-9-13-28-19/h5,8-13,15-16,24H,1,6-7,14H2,2-4H3/b22-16+/t24-/m1/s1. The number of nitrogens with zero attached hydrogens (tertiary/aromatic N) is 3. The Morgan fingerprint density at radius 1 is 1.17 bits per heavy atom. The van der Waals surface area contributed by atoms with Gasteiger partial charge in [-0.3, -0.25) is 14.3 Å². The summed E-state index contributed by atoms with van der Waals surface area (Å²) >= 11 is 1.25. The molecule has 9 heteroatoms. The average molecular weight is 506 g/mol. The second kappa shape index (κ2) is 11.2. The molecular weight excluding hydrogens is 478 g/mol. The highest BCUT2D eigenvalue weighted by Crippen LogP contribution is 2.36. The Balaban J connectivity index is 1.94. The van der Waals surface area contributed by atoms with Crippen molar-refractivity contribution in [3.05, 3.63) is 97.5 Å². The van der Waals surface area contributed by atoms with Crippen LogP contribution in [0, 0.1) is 0 Å². The Morgan fingerprint density at radius 2 is 2.00 bits per heavy atom. The molecule has 0 amide bonds. The van der Waals surface area contributed by atoms with Crippen LogP contribution in [0.4, 0.5) is 0 Å². The van der Waals surface area contributed by atoms with Crippen molar-refractivity contribution in [2.45, 2.75) is 26.8 Å². The quantitative estimate of drug-likeness (QED) is 0.328. The fourth-order valence-electron chi connectivity index (χ4n) is 3.93. The maximum atomic E-state index is 13.7. The molecule has 0 fully saturated rings.